The van der Waals surface area contributed by atoms with Gasteiger partial charge in [-0.3, -0.25) is 0 Å². The summed E-state index contributed by atoms with van der Waals surface area (Å²) in [7, 11) is 0. The summed E-state index contributed by atoms with van der Waals surface area (Å²) in [6.45, 7) is 6.87. The Kier molecular flexibility index (Phi) is 4.41. The third-order valence-electron chi connectivity index (χ3n) is 3.88. The Labute approximate surface area is 110 Å². The molecular weight excluding hydrogens is 224 g/mol. The SMILES string of the molecule is CCOC(C(C)C)C(O)CC1Cc2ccccc21. The van der Waals surface area contributed by atoms with Gasteiger partial charge in [0, 0.05) is 6.61 Å². The van der Waals surface area contributed by atoms with Gasteiger partial charge in [-0.15, -0.1) is 0 Å². The van der Waals surface area contributed by atoms with Gasteiger partial charge >= 0.3 is 0 Å². The molecule has 0 radical (unpaired) electrons. The fourth-order valence-corrected chi connectivity index (χ4v) is 2.94. The van der Waals surface area contributed by atoms with Crippen molar-refractivity contribution in [2.75, 3.05) is 6.61 Å². The minimum Gasteiger partial charge on any atom is -0.390 e. The van der Waals surface area contributed by atoms with Crippen LogP contribution in [0.15, 0.2) is 24.3 Å². The van der Waals surface area contributed by atoms with Gasteiger partial charge in [-0.05, 0) is 42.7 Å². The summed E-state index contributed by atoms with van der Waals surface area (Å²) in [5.41, 5.74) is 2.85. The largest absolute Gasteiger partial charge is 0.390 e. The number of ether oxygens (including phenoxy) is 1. The zero-order valence-electron chi connectivity index (χ0n) is 11.6. The minimum atomic E-state index is -0.358. The zero-order chi connectivity index (χ0) is 13.1. The van der Waals surface area contributed by atoms with E-state index in [0.717, 1.165) is 12.8 Å². The first-order valence-electron chi connectivity index (χ1n) is 7.01. The maximum atomic E-state index is 10.3. The molecule has 3 atom stereocenters. The molecule has 2 heteroatoms. The van der Waals surface area contributed by atoms with Crippen LogP contribution in [0, 0.1) is 5.92 Å². The highest BCUT2D eigenvalue weighted by molar-refractivity contribution is 5.39. The molecule has 1 aromatic carbocycles. The van der Waals surface area contributed by atoms with Crippen LogP contribution in [0.4, 0.5) is 0 Å². The smallest absolute Gasteiger partial charge is 0.0856 e. The van der Waals surface area contributed by atoms with Crippen molar-refractivity contribution in [3.8, 4) is 0 Å². The fraction of sp³-hybridized carbons (Fsp3) is 0.625. The second kappa shape index (κ2) is 5.85. The molecule has 0 saturated carbocycles. The minimum absolute atomic E-state index is 0.0391. The molecule has 0 heterocycles. The molecule has 0 fully saturated rings. The lowest BCUT2D eigenvalue weighted by Crippen LogP contribution is -2.36. The lowest BCUT2D eigenvalue weighted by atomic mass is 9.74. The van der Waals surface area contributed by atoms with Crippen LogP contribution in [0.25, 0.3) is 0 Å². The maximum absolute atomic E-state index is 10.3. The molecule has 0 aromatic heterocycles. The molecule has 0 bridgehead atoms. The van der Waals surface area contributed by atoms with Crippen molar-refractivity contribution in [1.29, 1.82) is 0 Å². The zero-order valence-corrected chi connectivity index (χ0v) is 11.6. The highest BCUT2D eigenvalue weighted by atomic mass is 16.5. The van der Waals surface area contributed by atoms with Crippen molar-refractivity contribution in [1.82, 2.24) is 0 Å². The lowest BCUT2D eigenvalue weighted by molar-refractivity contribution is -0.0625. The quantitative estimate of drug-likeness (QED) is 0.838. The normalized spacial score (nSPS) is 21.3. The Hall–Kier alpha value is -0.860. The molecule has 0 saturated heterocycles. The molecule has 1 aromatic rings. The number of fused-ring (bicyclic) bond motifs is 1. The van der Waals surface area contributed by atoms with E-state index >= 15 is 0 Å². The second-order valence-corrected chi connectivity index (χ2v) is 5.57. The second-order valence-electron chi connectivity index (χ2n) is 5.57. The number of benzene rings is 1. The van der Waals surface area contributed by atoms with Crippen LogP contribution in [-0.2, 0) is 11.2 Å². The van der Waals surface area contributed by atoms with Crippen molar-refractivity contribution in [3.63, 3.8) is 0 Å². The van der Waals surface area contributed by atoms with Gasteiger partial charge in [0.15, 0.2) is 0 Å². The van der Waals surface area contributed by atoms with Gasteiger partial charge in [-0.25, -0.2) is 0 Å². The molecule has 0 spiro atoms. The molecule has 1 aliphatic rings. The molecule has 3 unspecified atom stereocenters. The van der Waals surface area contributed by atoms with Crippen LogP contribution in [0.5, 0.6) is 0 Å². The van der Waals surface area contributed by atoms with Crippen molar-refractivity contribution >= 4 is 0 Å². The summed E-state index contributed by atoms with van der Waals surface area (Å²) in [6.07, 6.45) is 1.52. The molecule has 100 valence electrons. The summed E-state index contributed by atoms with van der Waals surface area (Å²) < 4.78 is 5.67. The third kappa shape index (κ3) is 2.76. The lowest BCUT2D eigenvalue weighted by Gasteiger charge is -2.34. The molecule has 2 nitrogen and oxygen atoms in total. The summed E-state index contributed by atoms with van der Waals surface area (Å²) in [6, 6.07) is 8.53. The van der Waals surface area contributed by atoms with Gasteiger partial charge in [0.25, 0.3) is 0 Å². The molecule has 0 amide bonds. The summed E-state index contributed by atoms with van der Waals surface area (Å²) in [4.78, 5) is 0. The van der Waals surface area contributed by atoms with Crippen LogP contribution < -0.4 is 0 Å². The van der Waals surface area contributed by atoms with E-state index in [1.54, 1.807) is 0 Å². The van der Waals surface area contributed by atoms with Gasteiger partial charge in [-0.1, -0.05) is 38.1 Å². The van der Waals surface area contributed by atoms with Crippen molar-refractivity contribution in [2.24, 2.45) is 5.92 Å². The molecule has 2 rings (SSSR count). The van der Waals surface area contributed by atoms with Gasteiger partial charge in [0.1, 0.15) is 0 Å². The average Bonchev–Trinajstić information content (AvgIpc) is 2.32. The predicted molar refractivity (Wildman–Crippen MR) is 73.8 cm³/mol. The van der Waals surface area contributed by atoms with Gasteiger partial charge in [-0.2, -0.15) is 0 Å². The summed E-state index contributed by atoms with van der Waals surface area (Å²) in [5.74, 6) is 0.869. The van der Waals surface area contributed by atoms with Crippen LogP contribution in [0.2, 0.25) is 0 Å². The Morgan fingerprint density at radius 2 is 2.06 bits per heavy atom. The van der Waals surface area contributed by atoms with Crippen LogP contribution in [0.1, 0.15) is 44.2 Å². The first-order valence-corrected chi connectivity index (χ1v) is 7.01. The van der Waals surface area contributed by atoms with E-state index < -0.39 is 0 Å². The van der Waals surface area contributed by atoms with Crippen LogP contribution in [-0.4, -0.2) is 23.9 Å². The first-order chi connectivity index (χ1) is 8.63. The van der Waals surface area contributed by atoms with E-state index in [4.69, 9.17) is 4.74 Å². The van der Waals surface area contributed by atoms with E-state index in [9.17, 15) is 5.11 Å². The Bertz CT molecular complexity index is 386. The van der Waals surface area contributed by atoms with Crippen LogP contribution >= 0.6 is 0 Å². The summed E-state index contributed by atoms with van der Waals surface area (Å²) >= 11 is 0. The topological polar surface area (TPSA) is 29.5 Å². The number of aliphatic hydroxyl groups is 1. The molecular formula is C16H24O2. The highest BCUT2D eigenvalue weighted by Crippen LogP contribution is 2.38. The number of aliphatic hydroxyl groups excluding tert-OH is 1. The standard InChI is InChI=1S/C16H24O2/c1-4-18-16(11(2)3)15(17)10-13-9-12-7-5-6-8-14(12)13/h5-8,11,13,15-17H,4,9-10H2,1-3H3. The number of hydrogen-bond acceptors (Lipinski definition) is 2. The van der Waals surface area contributed by atoms with Crippen molar-refractivity contribution < 1.29 is 9.84 Å². The van der Waals surface area contributed by atoms with E-state index in [1.807, 2.05) is 6.92 Å². The van der Waals surface area contributed by atoms with Gasteiger partial charge < -0.3 is 9.84 Å². The molecule has 1 N–H and O–H groups in total. The van der Waals surface area contributed by atoms with E-state index in [1.165, 1.54) is 11.1 Å². The Morgan fingerprint density at radius 3 is 2.67 bits per heavy atom. The maximum Gasteiger partial charge on any atom is 0.0856 e. The Morgan fingerprint density at radius 1 is 1.33 bits per heavy atom. The van der Waals surface area contributed by atoms with Crippen molar-refractivity contribution in [3.05, 3.63) is 35.4 Å². The average molecular weight is 248 g/mol. The first kappa shape index (κ1) is 13.6. The van der Waals surface area contributed by atoms with Gasteiger partial charge in [0.2, 0.25) is 0 Å². The molecule has 0 aliphatic heterocycles. The van der Waals surface area contributed by atoms with Crippen LogP contribution in [0.3, 0.4) is 0 Å². The molecule has 1 aliphatic carbocycles. The molecule has 18 heavy (non-hydrogen) atoms. The van der Waals surface area contributed by atoms with E-state index in [0.29, 0.717) is 18.4 Å². The van der Waals surface area contributed by atoms with E-state index in [2.05, 4.69) is 38.1 Å². The highest BCUT2D eigenvalue weighted by Gasteiger charge is 2.31. The Balaban J connectivity index is 1.94. The fourth-order valence-electron chi connectivity index (χ4n) is 2.94. The van der Waals surface area contributed by atoms with Crippen molar-refractivity contribution in [2.45, 2.75) is 51.7 Å². The number of hydrogen-bond donors (Lipinski definition) is 1. The van der Waals surface area contributed by atoms with Gasteiger partial charge in [0.05, 0.1) is 12.2 Å². The monoisotopic (exact) mass is 248 g/mol. The predicted octanol–water partition coefficient (Wildman–Crippen LogP) is 3.14. The number of rotatable bonds is 6. The summed E-state index contributed by atoms with van der Waals surface area (Å²) in [5, 5.41) is 10.3. The third-order valence-corrected chi connectivity index (χ3v) is 3.88. The van der Waals surface area contributed by atoms with E-state index in [-0.39, 0.29) is 12.2 Å².